The summed E-state index contributed by atoms with van der Waals surface area (Å²) < 4.78 is 2.01. The summed E-state index contributed by atoms with van der Waals surface area (Å²) in [5.74, 6) is 1.33. The summed E-state index contributed by atoms with van der Waals surface area (Å²) in [5.41, 5.74) is 2.01. The highest BCUT2D eigenvalue weighted by Gasteiger charge is 2.38. The number of anilines is 2. The molecule has 35 heavy (non-hydrogen) atoms. The highest BCUT2D eigenvalue weighted by Crippen LogP contribution is 2.33. The Labute approximate surface area is 211 Å². The number of aromatic nitrogens is 4. The van der Waals surface area contributed by atoms with Crippen molar-refractivity contribution in [3.8, 4) is 0 Å². The van der Waals surface area contributed by atoms with Crippen molar-refractivity contribution >= 4 is 34.9 Å². The van der Waals surface area contributed by atoms with Crippen molar-refractivity contribution in [3.05, 3.63) is 47.0 Å². The number of pyridine rings is 1. The van der Waals surface area contributed by atoms with Gasteiger partial charge in [0, 0.05) is 38.9 Å². The quantitative estimate of drug-likeness (QED) is 0.581. The van der Waals surface area contributed by atoms with E-state index in [1.165, 1.54) is 0 Å². The molecule has 186 valence electrons. The first-order valence-corrected chi connectivity index (χ1v) is 12.6. The van der Waals surface area contributed by atoms with Crippen molar-refractivity contribution in [2.75, 3.05) is 56.1 Å². The highest BCUT2D eigenvalue weighted by atomic mass is 35.5. The number of aryl methyl sites for hydroxylation is 1. The van der Waals surface area contributed by atoms with E-state index in [1.807, 2.05) is 55.8 Å². The molecule has 0 unspecified atom stereocenters. The van der Waals surface area contributed by atoms with Crippen LogP contribution in [0.25, 0.3) is 5.65 Å². The average molecular weight is 497 g/mol. The number of nitrogens with zero attached hydrogens (tertiary/aromatic N) is 7. The summed E-state index contributed by atoms with van der Waals surface area (Å²) in [6.45, 7) is 11.0. The van der Waals surface area contributed by atoms with Gasteiger partial charge in [0.15, 0.2) is 5.82 Å². The minimum absolute atomic E-state index is 0.0230. The zero-order valence-electron chi connectivity index (χ0n) is 20.8. The first-order chi connectivity index (χ1) is 16.7. The topological polar surface area (TPSA) is 81.9 Å². The van der Waals surface area contributed by atoms with Crippen molar-refractivity contribution in [3.63, 3.8) is 0 Å². The number of fused-ring (bicyclic) bond motifs is 1. The maximum Gasteiger partial charge on any atom is 0.227 e. The molecule has 3 aromatic rings. The van der Waals surface area contributed by atoms with Gasteiger partial charge in [0.05, 0.1) is 29.0 Å². The van der Waals surface area contributed by atoms with Crippen LogP contribution in [0.4, 0.5) is 11.8 Å². The largest absolute Gasteiger partial charge is 0.353 e. The van der Waals surface area contributed by atoms with E-state index < -0.39 is 5.54 Å². The molecule has 3 aromatic heterocycles. The number of rotatable bonds is 5. The first kappa shape index (κ1) is 23.8. The second kappa shape index (κ2) is 9.28. The molecule has 2 aliphatic rings. The van der Waals surface area contributed by atoms with E-state index >= 15 is 0 Å². The van der Waals surface area contributed by atoms with E-state index in [0.717, 1.165) is 61.4 Å². The van der Waals surface area contributed by atoms with Gasteiger partial charge in [-0.05, 0) is 52.9 Å². The zero-order valence-corrected chi connectivity index (χ0v) is 21.6. The lowest BCUT2D eigenvalue weighted by molar-refractivity contribution is -0.127. The van der Waals surface area contributed by atoms with Crippen molar-refractivity contribution < 1.29 is 4.79 Å². The van der Waals surface area contributed by atoms with Crippen molar-refractivity contribution in [1.82, 2.24) is 29.6 Å². The predicted octanol–water partition coefficient (Wildman–Crippen LogP) is 2.72. The molecular formula is C25H33ClN8O. The fourth-order valence-electron chi connectivity index (χ4n) is 4.81. The number of amides is 1. The van der Waals surface area contributed by atoms with Crippen LogP contribution in [0.1, 0.15) is 31.7 Å². The van der Waals surface area contributed by atoms with Crippen LogP contribution in [-0.4, -0.2) is 76.5 Å². The second-order valence-corrected chi connectivity index (χ2v) is 10.6. The van der Waals surface area contributed by atoms with Gasteiger partial charge in [-0.15, -0.1) is 0 Å². The Kier molecular flexibility index (Phi) is 6.31. The van der Waals surface area contributed by atoms with E-state index in [4.69, 9.17) is 16.6 Å². The molecule has 2 saturated heterocycles. The minimum Gasteiger partial charge on any atom is -0.353 e. The second-order valence-electron chi connectivity index (χ2n) is 10.2. The number of imidazole rings is 1. The van der Waals surface area contributed by atoms with Crippen LogP contribution in [0.15, 0.2) is 30.6 Å². The number of hydrogen-bond donors (Lipinski definition) is 1. The normalized spacial score (nSPS) is 18.0. The van der Waals surface area contributed by atoms with Gasteiger partial charge in [-0.1, -0.05) is 17.7 Å². The number of hydrogen-bond acceptors (Lipinski definition) is 7. The lowest BCUT2D eigenvalue weighted by atomic mass is 9.95. The third kappa shape index (κ3) is 4.67. The monoisotopic (exact) mass is 496 g/mol. The van der Waals surface area contributed by atoms with Crippen LogP contribution in [0.3, 0.4) is 0 Å². The molecule has 0 spiro atoms. The van der Waals surface area contributed by atoms with Crippen molar-refractivity contribution in [1.29, 1.82) is 0 Å². The number of halogens is 1. The fourth-order valence-corrected chi connectivity index (χ4v) is 5.02. The number of likely N-dealkylation sites (N-methyl/N-ethyl adjacent to an activating group) is 1. The van der Waals surface area contributed by atoms with E-state index in [2.05, 4.69) is 37.0 Å². The Bertz CT molecular complexity index is 1240. The lowest BCUT2D eigenvalue weighted by Gasteiger charge is -2.41. The summed E-state index contributed by atoms with van der Waals surface area (Å²) in [5, 5.41) is 3.78. The van der Waals surface area contributed by atoms with E-state index in [-0.39, 0.29) is 11.8 Å². The molecule has 2 fully saturated rings. The molecule has 0 bridgehead atoms. The standard InChI is InChI=1S/C25H33ClN8O/c1-17-21(26)22(29-24(28-17)32-10-7-9-31(4)12-13-32)33-15-18(16-33)23(35)30-25(2,3)19-14-27-20-8-5-6-11-34(19)20/h5-6,8,11,14,18H,7,9-10,12-13,15-16H2,1-4H3,(H,30,35). The van der Waals surface area contributed by atoms with Gasteiger partial charge in [0.1, 0.15) is 10.7 Å². The smallest absolute Gasteiger partial charge is 0.227 e. The van der Waals surface area contributed by atoms with Crippen molar-refractivity contribution in [2.45, 2.75) is 32.7 Å². The zero-order chi connectivity index (χ0) is 24.7. The predicted molar refractivity (Wildman–Crippen MR) is 138 cm³/mol. The molecule has 0 atom stereocenters. The van der Waals surface area contributed by atoms with Gasteiger partial charge in [-0.3, -0.25) is 4.79 Å². The van der Waals surface area contributed by atoms with E-state index in [1.54, 1.807) is 0 Å². The summed E-state index contributed by atoms with van der Waals surface area (Å²) in [4.78, 5) is 33.8. The van der Waals surface area contributed by atoms with Gasteiger partial charge in [-0.25, -0.2) is 9.97 Å². The molecule has 0 saturated carbocycles. The maximum absolute atomic E-state index is 13.1. The van der Waals surface area contributed by atoms with Crippen molar-refractivity contribution in [2.24, 2.45) is 5.92 Å². The van der Waals surface area contributed by atoms with Crippen LogP contribution in [0.2, 0.25) is 5.02 Å². The molecule has 0 aromatic carbocycles. The summed E-state index contributed by atoms with van der Waals surface area (Å²) in [7, 11) is 2.14. The minimum atomic E-state index is -0.561. The number of carbonyl (C=O) groups is 1. The first-order valence-electron chi connectivity index (χ1n) is 12.2. The fraction of sp³-hybridized carbons (Fsp3) is 0.520. The van der Waals surface area contributed by atoms with E-state index in [0.29, 0.717) is 18.1 Å². The van der Waals surface area contributed by atoms with Gasteiger partial charge in [-0.2, -0.15) is 4.98 Å². The van der Waals surface area contributed by atoms with Crippen LogP contribution in [0.5, 0.6) is 0 Å². The Morgan fingerprint density at radius 3 is 2.71 bits per heavy atom. The molecular weight excluding hydrogens is 464 g/mol. The third-order valence-corrected chi connectivity index (χ3v) is 7.48. The molecule has 10 heteroatoms. The average Bonchev–Trinajstić information content (AvgIpc) is 3.11. The third-order valence-electron chi connectivity index (χ3n) is 7.03. The molecule has 5 rings (SSSR count). The maximum atomic E-state index is 13.1. The number of nitrogens with one attached hydrogen (secondary N) is 1. The Balaban J connectivity index is 1.27. The molecule has 0 radical (unpaired) electrons. The molecule has 5 heterocycles. The summed E-state index contributed by atoms with van der Waals surface area (Å²) >= 11 is 6.62. The van der Waals surface area contributed by atoms with E-state index in [9.17, 15) is 4.79 Å². The van der Waals surface area contributed by atoms with Crippen LogP contribution < -0.4 is 15.1 Å². The van der Waals surface area contributed by atoms with Gasteiger partial charge >= 0.3 is 0 Å². The van der Waals surface area contributed by atoms with Gasteiger partial charge in [0.25, 0.3) is 0 Å². The SMILES string of the molecule is Cc1nc(N2CCCN(C)CC2)nc(N2CC(C(=O)NC(C)(C)c3cnc4ccccn34)C2)c1Cl. The summed E-state index contributed by atoms with van der Waals surface area (Å²) in [6, 6.07) is 5.87. The molecule has 0 aliphatic carbocycles. The molecule has 1 N–H and O–H groups in total. The van der Waals surface area contributed by atoms with Gasteiger partial charge < -0.3 is 24.4 Å². The molecule has 9 nitrogen and oxygen atoms in total. The Hall–Kier alpha value is -2.91. The summed E-state index contributed by atoms with van der Waals surface area (Å²) in [6.07, 6.45) is 4.87. The molecule has 1 amide bonds. The highest BCUT2D eigenvalue weighted by molar-refractivity contribution is 6.33. The Morgan fingerprint density at radius 2 is 1.91 bits per heavy atom. The van der Waals surface area contributed by atoms with Crippen LogP contribution >= 0.6 is 11.6 Å². The Morgan fingerprint density at radius 1 is 1.11 bits per heavy atom. The van der Waals surface area contributed by atoms with Crippen LogP contribution in [0, 0.1) is 12.8 Å². The lowest BCUT2D eigenvalue weighted by Crippen LogP contribution is -2.57. The van der Waals surface area contributed by atoms with Gasteiger partial charge in [0.2, 0.25) is 11.9 Å². The van der Waals surface area contributed by atoms with Crippen LogP contribution in [-0.2, 0) is 10.3 Å². The number of carbonyl (C=O) groups excluding carboxylic acids is 1. The molecule has 2 aliphatic heterocycles.